The average Bonchev–Trinajstić information content (AvgIpc) is 2.25. The molecule has 114 valence electrons. The van der Waals surface area contributed by atoms with Gasteiger partial charge in [-0.05, 0) is 13.8 Å². The Morgan fingerprint density at radius 1 is 1.10 bits per heavy atom. The predicted molar refractivity (Wildman–Crippen MR) is 68.1 cm³/mol. The third-order valence-electron chi connectivity index (χ3n) is 2.15. The Hall–Kier alpha value is -2.32. The van der Waals surface area contributed by atoms with Crippen molar-refractivity contribution < 1.29 is 29.4 Å². The zero-order chi connectivity index (χ0) is 15.9. The maximum atomic E-state index is 11.6. The molecule has 20 heavy (non-hydrogen) atoms. The Bertz CT molecular complexity index is 396. The highest BCUT2D eigenvalue weighted by Gasteiger charge is 2.25. The van der Waals surface area contributed by atoms with E-state index in [0.717, 1.165) is 4.90 Å². The normalized spacial score (nSPS) is 11.6. The van der Waals surface area contributed by atoms with Crippen molar-refractivity contribution in [3.63, 3.8) is 0 Å². The molecule has 0 saturated heterocycles. The minimum absolute atomic E-state index is 0.0854. The third-order valence-corrected chi connectivity index (χ3v) is 2.15. The first-order valence-electron chi connectivity index (χ1n) is 5.89. The minimum Gasteiger partial charge on any atom is -0.481 e. The lowest BCUT2D eigenvalue weighted by Gasteiger charge is -2.20. The van der Waals surface area contributed by atoms with Crippen LogP contribution in [0, 0.1) is 0 Å². The number of nitrogens with one attached hydrogen (secondary N) is 2. The zero-order valence-corrected chi connectivity index (χ0v) is 11.5. The van der Waals surface area contributed by atoms with Crippen molar-refractivity contribution in [3.05, 3.63) is 0 Å². The summed E-state index contributed by atoms with van der Waals surface area (Å²) in [7, 11) is 1.30. The van der Waals surface area contributed by atoms with Crippen LogP contribution in [-0.2, 0) is 14.4 Å². The number of carbonyl (C=O) groups is 4. The largest absolute Gasteiger partial charge is 0.481 e. The van der Waals surface area contributed by atoms with Gasteiger partial charge in [-0.25, -0.2) is 9.59 Å². The van der Waals surface area contributed by atoms with E-state index in [4.69, 9.17) is 10.2 Å². The van der Waals surface area contributed by atoms with Gasteiger partial charge in [-0.3, -0.25) is 9.59 Å². The number of amides is 3. The molecule has 0 unspecified atom stereocenters. The van der Waals surface area contributed by atoms with E-state index in [1.165, 1.54) is 7.05 Å². The van der Waals surface area contributed by atoms with Gasteiger partial charge in [0.15, 0.2) is 0 Å². The Balaban J connectivity index is 4.45. The molecule has 4 N–H and O–H groups in total. The number of carboxylic acids is 2. The molecule has 9 nitrogen and oxygen atoms in total. The molecule has 0 aliphatic heterocycles. The number of nitrogens with zero attached hydrogens (tertiary/aromatic N) is 1. The van der Waals surface area contributed by atoms with Gasteiger partial charge < -0.3 is 25.7 Å². The number of likely N-dealkylation sites (N-methyl/N-ethyl adjacent to an activating group) is 1. The summed E-state index contributed by atoms with van der Waals surface area (Å²) in [6, 6.07) is -2.47. The van der Waals surface area contributed by atoms with Gasteiger partial charge in [0.25, 0.3) is 0 Å². The summed E-state index contributed by atoms with van der Waals surface area (Å²) in [4.78, 5) is 45.3. The van der Waals surface area contributed by atoms with Crippen molar-refractivity contribution in [3.8, 4) is 0 Å². The van der Waals surface area contributed by atoms with Crippen LogP contribution in [0.3, 0.4) is 0 Å². The predicted octanol–water partition coefficient (Wildman–Crippen LogP) is -0.920. The van der Waals surface area contributed by atoms with E-state index >= 15 is 0 Å². The van der Waals surface area contributed by atoms with Gasteiger partial charge in [-0.1, -0.05) is 0 Å². The summed E-state index contributed by atoms with van der Waals surface area (Å²) in [5.41, 5.74) is 0. The molecule has 0 heterocycles. The lowest BCUT2D eigenvalue weighted by atomic mass is 10.2. The smallest absolute Gasteiger partial charge is 0.326 e. The first-order valence-corrected chi connectivity index (χ1v) is 5.89. The molecule has 0 aliphatic rings. The summed E-state index contributed by atoms with van der Waals surface area (Å²) < 4.78 is 0. The monoisotopic (exact) mass is 289 g/mol. The Labute approximate surface area is 115 Å². The van der Waals surface area contributed by atoms with Crippen LogP contribution in [0.5, 0.6) is 0 Å². The highest BCUT2D eigenvalue weighted by Crippen LogP contribution is 1.95. The molecular weight excluding hydrogens is 270 g/mol. The average molecular weight is 289 g/mol. The molecular formula is C11H19N3O6. The van der Waals surface area contributed by atoms with E-state index in [2.05, 4.69) is 5.32 Å². The molecule has 3 amide bonds. The number of urea groups is 1. The van der Waals surface area contributed by atoms with Crippen LogP contribution < -0.4 is 10.6 Å². The lowest BCUT2D eigenvalue weighted by molar-refractivity contribution is -0.145. The molecule has 0 aliphatic carbocycles. The zero-order valence-electron chi connectivity index (χ0n) is 11.5. The fourth-order valence-corrected chi connectivity index (χ4v) is 1.29. The van der Waals surface area contributed by atoms with Gasteiger partial charge >= 0.3 is 18.0 Å². The summed E-state index contributed by atoms with van der Waals surface area (Å²) >= 11 is 0. The van der Waals surface area contributed by atoms with Crippen molar-refractivity contribution in [2.75, 3.05) is 13.6 Å². The van der Waals surface area contributed by atoms with Crippen LogP contribution in [0.1, 0.15) is 20.3 Å². The number of carboxylic acid groups (broad SMARTS) is 2. The van der Waals surface area contributed by atoms with E-state index in [9.17, 15) is 19.2 Å². The second-order valence-electron chi connectivity index (χ2n) is 4.52. The number of rotatable bonds is 7. The SMILES string of the molecule is CC(C)NC(=O)CN(C)C(=O)N[C@@H](CC(=O)O)C(=O)O. The second-order valence-corrected chi connectivity index (χ2v) is 4.52. The van der Waals surface area contributed by atoms with Crippen LogP contribution in [0.15, 0.2) is 0 Å². The first kappa shape index (κ1) is 17.7. The van der Waals surface area contributed by atoms with Crippen LogP contribution in [0.4, 0.5) is 4.79 Å². The molecule has 9 heteroatoms. The Kier molecular flexibility index (Phi) is 7.05. The fourth-order valence-electron chi connectivity index (χ4n) is 1.29. The van der Waals surface area contributed by atoms with Crippen molar-refractivity contribution in [2.24, 2.45) is 0 Å². The first-order chi connectivity index (χ1) is 9.13. The van der Waals surface area contributed by atoms with Crippen LogP contribution in [-0.4, -0.2) is 64.7 Å². The number of aliphatic carboxylic acids is 2. The maximum Gasteiger partial charge on any atom is 0.326 e. The molecule has 0 aromatic heterocycles. The van der Waals surface area contributed by atoms with Crippen LogP contribution >= 0.6 is 0 Å². The highest BCUT2D eigenvalue weighted by atomic mass is 16.4. The van der Waals surface area contributed by atoms with E-state index in [1.807, 2.05) is 5.32 Å². The summed E-state index contributed by atoms with van der Waals surface area (Å²) in [5.74, 6) is -3.21. The van der Waals surface area contributed by atoms with Crippen molar-refractivity contribution in [1.29, 1.82) is 0 Å². The quantitative estimate of drug-likeness (QED) is 0.478. The molecule has 0 aromatic rings. The van der Waals surface area contributed by atoms with Gasteiger partial charge in [0.2, 0.25) is 5.91 Å². The minimum atomic E-state index is -1.55. The van der Waals surface area contributed by atoms with E-state index < -0.39 is 36.3 Å². The standard InChI is InChI=1S/C11H19N3O6/c1-6(2)12-8(15)5-14(3)11(20)13-7(10(18)19)4-9(16)17/h6-7H,4-5H2,1-3H3,(H,12,15)(H,13,20)(H,16,17)(H,18,19)/t7-/m0/s1. The van der Waals surface area contributed by atoms with Crippen molar-refractivity contribution in [1.82, 2.24) is 15.5 Å². The van der Waals surface area contributed by atoms with Gasteiger partial charge in [-0.15, -0.1) is 0 Å². The molecule has 0 bridgehead atoms. The van der Waals surface area contributed by atoms with Gasteiger partial charge in [0, 0.05) is 13.1 Å². The van der Waals surface area contributed by atoms with Gasteiger partial charge in [-0.2, -0.15) is 0 Å². The van der Waals surface area contributed by atoms with Gasteiger partial charge in [0.1, 0.15) is 12.6 Å². The number of hydrogen-bond acceptors (Lipinski definition) is 4. The fraction of sp³-hybridized carbons (Fsp3) is 0.636. The van der Waals surface area contributed by atoms with Gasteiger partial charge in [0.05, 0.1) is 6.42 Å². The lowest BCUT2D eigenvalue weighted by Crippen LogP contribution is -2.50. The third kappa shape index (κ3) is 7.19. The highest BCUT2D eigenvalue weighted by molar-refractivity contribution is 5.88. The van der Waals surface area contributed by atoms with E-state index in [-0.39, 0.29) is 12.6 Å². The maximum absolute atomic E-state index is 11.6. The summed E-state index contributed by atoms with van der Waals surface area (Å²) in [5, 5.41) is 21.9. The van der Waals surface area contributed by atoms with E-state index in [1.54, 1.807) is 13.8 Å². The molecule has 0 aromatic carbocycles. The number of hydrogen-bond donors (Lipinski definition) is 4. The van der Waals surface area contributed by atoms with E-state index in [0.29, 0.717) is 0 Å². The Morgan fingerprint density at radius 2 is 1.65 bits per heavy atom. The molecule has 0 radical (unpaired) electrons. The molecule has 0 rings (SSSR count). The Morgan fingerprint density at radius 3 is 2.05 bits per heavy atom. The van der Waals surface area contributed by atoms with Crippen molar-refractivity contribution >= 4 is 23.9 Å². The number of carbonyl (C=O) groups excluding carboxylic acids is 2. The molecule has 0 saturated carbocycles. The topological polar surface area (TPSA) is 136 Å². The van der Waals surface area contributed by atoms with Crippen molar-refractivity contribution in [2.45, 2.75) is 32.4 Å². The molecule has 0 fully saturated rings. The second kappa shape index (κ2) is 7.97. The van der Waals surface area contributed by atoms with Crippen LogP contribution in [0.25, 0.3) is 0 Å². The molecule has 1 atom stereocenters. The van der Waals surface area contributed by atoms with Crippen LogP contribution in [0.2, 0.25) is 0 Å². The summed E-state index contributed by atoms with van der Waals surface area (Å²) in [6.07, 6.45) is -0.743. The summed E-state index contributed by atoms with van der Waals surface area (Å²) in [6.45, 7) is 3.25. The molecule has 0 spiro atoms.